The molecule has 0 aliphatic carbocycles. The lowest BCUT2D eigenvalue weighted by atomic mass is 9.94. The molecule has 1 heterocycles. The molecule has 1 atom stereocenters. The molecular weight excluding hydrogens is 292 g/mol. The average molecular weight is 314 g/mol. The summed E-state index contributed by atoms with van der Waals surface area (Å²) >= 11 is 0. The summed E-state index contributed by atoms with van der Waals surface area (Å²) < 4.78 is 27.7. The van der Waals surface area contributed by atoms with Gasteiger partial charge >= 0.3 is 0 Å². The van der Waals surface area contributed by atoms with Gasteiger partial charge in [0.2, 0.25) is 10.0 Å². The summed E-state index contributed by atoms with van der Waals surface area (Å²) in [5.74, 6) is 0. The van der Waals surface area contributed by atoms with Gasteiger partial charge in [-0.2, -0.15) is 0 Å². The van der Waals surface area contributed by atoms with Gasteiger partial charge in [-0.05, 0) is 24.6 Å². The molecule has 0 saturated carbocycles. The number of nitrogens with one attached hydrogen (secondary N) is 1. The predicted molar refractivity (Wildman–Crippen MR) is 79.2 cm³/mol. The highest BCUT2D eigenvalue weighted by Crippen LogP contribution is 2.21. The van der Waals surface area contributed by atoms with Gasteiger partial charge in [-0.25, -0.2) is 13.6 Å². The van der Waals surface area contributed by atoms with Crippen LogP contribution in [0.2, 0.25) is 0 Å². The summed E-state index contributed by atoms with van der Waals surface area (Å²) in [6.45, 7) is 3.61. The van der Waals surface area contributed by atoms with Crippen molar-refractivity contribution >= 4 is 10.0 Å². The van der Waals surface area contributed by atoms with Gasteiger partial charge in [0.25, 0.3) is 0 Å². The van der Waals surface area contributed by atoms with Crippen LogP contribution < -0.4 is 10.5 Å². The molecule has 6 nitrogen and oxygen atoms in total. The minimum absolute atomic E-state index is 0.00592. The Morgan fingerprint density at radius 3 is 2.43 bits per heavy atom. The fraction of sp³-hybridized carbons (Fsp3) is 0.571. The Labute approximate surface area is 125 Å². The maximum Gasteiger partial charge on any atom is 0.238 e. The van der Waals surface area contributed by atoms with Gasteiger partial charge < -0.3 is 15.2 Å². The van der Waals surface area contributed by atoms with E-state index in [9.17, 15) is 13.5 Å². The third-order valence-electron chi connectivity index (χ3n) is 3.87. The zero-order valence-corrected chi connectivity index (χ0v) is 12.9. The van der Waals surface area contributed by atoms with Crippen molar-refractivity contribution in [1.82, 2.24) is 5.32 Å². The Bertz CT molecular complexity index is 565. The molecule has 118 valence electrons. The summed E-state index contributed by atoms with van der Waals surface area (Å²) in [4.78, 5) is 0.0986. The minimum Gasteiger partial charge on any atom is -0.388 e. The van der Waals surface area contributed by atoms with Crippen LogP contribution in [0.5, 0.6) is 0 Å². The molecule has 4 N–H and O–H groups in total. The molecule has 1 unspecified atom stereocenters. The molecule has 0 radical (unpaired) electrons. The number of sulfonamides is 1. The normalized spacial score (nSPS) is 20.1. The number of hydrogen-bond donors (Lipinski definition) is 3. The van der Waals surface area contributed by atoms with Crippen LogP contribution in [-0.4, -0.2) is 38.9 Å². The van der Waals surface area contributed by atoms with E-state index >= 15 is 0 Å². The van der Waals surface area contributed by atoms with E-state index in [1.54, 1.807) is 12.1 Å². The first-order valence-electron chi connectivity index (χ1n) is 6.96. The second-order valence-electron chi connectivity index (χ2n) is 5.55. The van der Waals surface area contributed by atoms with Crippen LogP contribution >= 0.6 is 0 Å². The summed E-state index contributed by atoms with van der Waals surface area (Å²) in [6, 6.07) is 6.45. The van der Waals surface area contributed by atoms with Crippen molar-refractivity contribution in [1.29, 1.82) is 0 Å². The molecule has 0 aromatic heterocycles. The Morgan fingerprint density at radius 1 is 1.33 bits per heavy atom. The number of nitrogens with two attached hydrogens (primary N) is 1. The van der Waals surface area contributed by atoms with E-state index in [1.165, 1.54) is 12.1 Å². The van der Waals surface area contributed by atoms with Gasteiger partial charge in [-0.3, -0.25) is 0 Å². The van der Waals surface area contributed by atoms with Crippen molar-refractivity contribution in [3.05, 3.63) is 29.8 Å². The standard InChI is InChI=1S/C14H22N2O4S/c1-11(16-10-14(17)6-8-20-9-7-14)12-2-4-13(5-3-12)21(15,18)19/h2-5,11,16-17H,6-10H2,1H3,(H2,15,18,19). The van der Waals surface area contributed by atoms with Crippen LogP contribution in [0, 0.1) is 0 Å². The molecule has 7 heteroatoms. The first-order valence-corrected chi connectivity index (χ1v) is 8.51. The van der Waals surface area contributed by atoms with Crippen molar-refractivity contribution in [3.63, 3.8) is 0 Å². The summed E-state index contributed by atoms with van der Waals surface area (Å²) in [5, 5.41) is 18.7. The van der Waals surface area contributed by atoms with E-state index in [0.717, 1.165) is 5.56 Å². The van der Waals surface area contributed by atoms with Crippen molar-refractivity contribution in [2.45, 2.75) is 36.3 Å². The van der Waals surface area contributed by atoms with Crippen LogP contribution in [0.15, 0.2) is 29.2 Å². The predicted octanol–water partition coefficient (Wildman–Crippen LogP) is 0.526. The molecule has 0 amide bonds. The third-order valence-corrected chi connectivity index (χ3v) is 4.80. The number of rotatable bonds is 5. The minimum atomic E-state index is -3.66. The highest BCUT2D eigenvalue weighted by Gasteiger charge is 2.29. The van der Waals surface area contributed by atoms with Crippen LogP contribution in [-0.2, 0) is 14.8 Å². The van der Waals surface area contributed by atoms with Crippen LogP contribution in [0.25, 0.3) is 0 Å². The van der Waals surface area contributed by atoms with Crippen LogP contribution in [0.4, 0.5) is 0 Å². The van der Waals surface area contributed by atoms with Gasteiger partial charge in [0.1, 0.15) is 0 Å². The van der Waals surface area contributed by atoms with Crippen LogP contribution in [0.1, 0.15) is 31.4 Å². The first-order chi connectivity index (χ1) is 9.80. The maximum absolute atomic E-state index is 11.2. The van der Waals surface area contributed by atoms with Crippen molar-refractivity contribution in [2.24, 2.45) is 5.14 Å². The van der Waals surface area contributed by atoms with Gasteiger partial charge in [-0.15, -0.1) is 0 Å². The lowest BCUT2D eigenvalue weighted by Crippen LogP contribution is -2.45. The molecule has 1 aromatic rings. The zero-order valence-electron chi connectivity index (χ0n) is 12.1. The van der Waals surface area contributed by atoms with Gasteiger partial charge in [-0.1, -0.05) is 12.1 Å². The largest absolute Gasteiger partial charge is 0.388 e. The van der Waals surface area contributed by atoms with E-state index in [4.69, 9.17) is 9.88 Å². The lowest BCUT2D eigenvalue weighted by molar-refractivity contribution is -0.0626. The Morgan fingerprint density at radius 2 is 1.90 bits per heavy atom. The second-order valence-corrected chi connectivity index (χ2v) is 7.11. The number of ether oxygens (including phenoxy) is 1. The molecule has 1 aliphatic heterocycles. The average Bonchev–Trinajstić information content (AvgIpc) is 2.45. The van der Waals surface area contributed by atoms with E-state index in [1.807, 2.05) is 6.92 Å². The third kappa shape index (κ3) is 4.49. The first kappa shape index (κ1) is 16.4. The van der Waals surface area contributed by atoms with E-state index in [2.05, 4.69) is 5.32 Å². The molecule has 0 spiro atoms. The number of aliphatic hydroxyl groups is 1. The molecule has 21 heavy (non-hydrogen) atoms. The summed E-state index contributed by atoms with van der Waals surface area (Å²) in [6.07, 6.45) is 1.24. The Hall–Kier alpha value is -0.990. The van der Waals surface area contributed by atoms with E-state index in [0.29, 0.717) is 32.6 Å². The highest BCUT2D eigenvalue weighted by molar-refractivity contribution is 7.89. The quantitative estimate of drug-likeness (QED) is 0.736. The second kappa shape index (κ2) is 6.41. The van der Waals surface area contributed by atoms with E-state index in [-0.39, 0.29) is 10.9 Å². The molecule has 1 aromatic carbocycles. The van der Waals surface area contributed by atoms with Gasteiger partial charge in [0.05, 0.1) is 10.5 Å². The smallest absolute Gasteiger partial charge is 0.238 e. The monoisotopic (exact) mass is 314 g/mol. The molecular formula is C14H22N2O4S. The molecule has 1 saturated heterocycles. The topological polar surface area (TPSA) is 102 Å². The lowest BCUT2D eigenvalue weighted by Gasteiger charge is -2.33. The number of benzene rings is 1. The molecule has 1 aliphatic rings. The van der Waals surface area contributed by atoms with Crippen LogP contribution in [0.3, 0.4) is 0 Å². The number of hydrogen-bond acceptors (Lipinski definition) is 5. The molecule has 1 fully saturated rings. The fourth-order valence-corrected chi connectivity index (χ4v) is 2.85. The SMILES string of the molecule is CC(NCC1(O)CCOCC1)c1ccc(S(N)(=O)=O)cc1. The van der Waals surface area contributed by atoms with Crippen molar-refractivity contribution in [2.75, 3.05) is 19.8 Å². The van der Waals surface area contributed by atoms with Gasteiger partial charge in [0, 0.05) is 38.6 Å². The molecule has 0 bridgehead atoms. The Balaban J connectivity index is 1.95. The highest BCUT2D eigenvalue weighted by atomic mass is 32.2. The van der Waals surface area contributed by atoms with Crippen molar-refractivity contribution in [3.8, 4) is 0 Å². The summed E-state index contributed by atoms with van der Waals surface area (Å²) in [5.41, 5.74) is 0.214. The van der Waals surface area contributed by atoms with Crippen molar-refractivity contribution < 1.29 is 18.3 Å². The zero-order chi connectivity index (χ0) is 15.5. The van der Waals surface area contributed by atoms with Gasteiger partial charge in [0.15, 0.2) is 0 Å². The Kier molecular flexibility index (Phi) is 5.00. The maximum atomic E-state index is 11.2. The summed E-state index contributed by atoms with van der Waals surface area (Å²) in [7, 11) is -3.66. The number of primary sulfonamides is 1. The fourth-order valence-electron chi connectivity index (χ4n) is 2.34. The molecule has 2 rings (SSSR count). The van der Waals surface area contributed by atoms with E-state index < -0.39 is 15.6 Å².